The lowest BCUT2D eigenvalue weighted by Crippen LogP contribution is -2.42. The third-order valence-electron chi connectivity index (χ3n) is 4.58. The van der Waals surface area contributed by atoms with Crippen LogP contribution in [0.3, 0.4) is 0 Å². The van der Waals surface area contributed by atoms with Crippen LogP contribution in [0.2, 0.25) is 0 Å². The maximum atomic E-state index is 4.36. The molecule has 0 aliphatic carbocycles. The summed E-state index contributed by atoms with van der Waals surface area (Å²) in [7, 11) is 1.83. The van der Waals surface area contributed by atoms with Crippen molar-refractivity contribution in [2.45, 2.75) is 31.8 Å². The molecule has 2 aromatic rings. The quantitative estimate of drug-likeness (QED) is 0.260. The Labute approximate surface area is 177 Å². The maximum Gasteiger partial charge on any atom is 0.191 e. The number of nitrogens with one attached hydrogen (secondary N) is 2. The highest BCUT2D eigenvalue weighted by Gasteiger charge is 2.24. The van der Waals surface area contributed by atoms with E-state index < -0.39 is 0 Å². The van der Waals surface area contributed by atoms with Crippen molar-refractivity contribution >= 4 is 41.3 Å². The molecule has 3 heterocycles. The molecule has 144 valence electrons. The van der Waals surface area contributed by atoms with Gasteiger partial charge in [0.25, 0.3) is 0 Å². The molecule has 8 heteroatoms. The fraction of sp³-hybridized carbons (Fsp3) is 0.556. The van der Waals surface area contributed by atoms with Gasteiger partial charge in [0.1, 0.15) is 0 Å². The van der Waals surface area contributed by atoms with Crippen LogP contribution in [0.25, 0.3) is 0 Å². The van der Waals surface area contributed by atoms with Gasteiger partial charge in [-0.3, -0.25) is 9.89 Å². The zero-order chi connectivity index (χ0) is 17.3. The molecule has 0 spiro atoms. The number of imidazole rings is 1. The van der Waals surface area contributed by atoms with Crippen LogP contribution >= 0.6 is 35.3 Å². The Balaban J connectivity index is 0.00000243. The highest BCUT2D eigenvalue weighted by Crippen LogP contribution is 2.27. The first-order chi connectivity index (χ1) is 12.4. The minimum Gasteiger partial charge on any atom is -0.356 e. The van der Waals surface area contributed by atoms with E-state index in [-0.39, 0.29) is 24.0 Å². The third-order valence-corrected chi connectivity index (χ3v) is 5.56. The molecule has 0 amide bonds. The van der Waals surface area contributed by atoms with Gasteiger partial charge in [-0.05, 0) is 43.8 Å². The van der Waals surface area contributed by atoms with E-state index in [1.54, 1.807) is 0 Å². The second-order valence-corrected chi connectivity index (χ2v) is 7.29. The molecule has 3 rings (SSSR count). The van der Waals surface area contributed by atoms with Gasteiger partial charge in [0.15, 0.2) is 5.96 Å². The largest absolute Gasteiger partial charge is 0.356 e. The van der Waals surface area contributed by atoms with E-state index in [1.807, 2.05) is 37.1 Å². The lowest BCUT2D eigenvalue weighted by Gasteiger charge is -2.27. The Bertz CT molecular complexity index is 622. The van der Waals surface area contributed by atoms with Crippen LogP contribution < -0.4 is 10.6 Å². The molecule has 1 unspecified atom stereocenters. The molecule has 1 aliphatic heterocycles. The minimum atomic E-state index is 0. The molecule has 26 heavy (non-hydrogen) atoms. The first-order valence-corrected chi connectivity index (χ1v) is 9.92. The number of rotatable bonds is 8. The van der Waals surface area contributed by atoms with Crippen molar-refractivity contribution < 1.29 is 0 Å². The molecule has 0 radical (unpaired) electrons. The normalized spacial score (nSPS) is 16.3. The monoisotopic (exact) mass is 488 g/mol. The van der Waals surface area contributed by atoms with Crippen molar-refractivity contribution in [3.8, 4) is 0 Å². The lowest BCUT2D eigenvalue weighted by atomic mass is 10.2. The van der Waals surface area contributed by atoms with E-state index >= 15 is 0 Å². The number of aryl methyl sites for hydroxylation is 1. The van der Waals surface area contributed by atoms with Crippen LogP contribution in [0.4, 0.5) is 0 Å². The summed E-state index contributed by atoms with van der Waals surface area (Å²) in [4.78, 5) is 12.5. The number of nitrogens with zero attached hydrogens (tertiary/aromatic N) is 4. The number of guanidine groups is 1. The molecule has 1 atom stereocenters. The Morgan fingerprint density at radius 3 is 2.85 bits per heavy atom. The molecule has 0 aromatic carbocycles. The smallest absolute Gasteiger partial charge is 0.191 e. The third kappa shape index (κ3) is 6.24. The Morgan fingerprint density at radius 2 is 2.19 bits per heavy atom. The average molecular weight is 488 g/mol. The van der Waals surface area contributed by atoms with Crippen molar-refractivity contribution in [2.24, 2.45) is 4.99 Å². The predicted molar refractivity (Wildman–Crippen MR) is 119 cm³/mol. The van der Waals surface area contributed by atoms with Gasteiger partial charge in [-0.1, -0.05) is 6.07 Å². The maximum absolute atomic E-state index is 4.36. The SMILES string of the molecule is CN=C(NCCCn1ccnc1)NCC(c1cccs1)N1CCCC1.I. The topological polar surface area (TPSA) is 57.5 Å². The fourth-order valence-electron chi connectivity index (χ4n) is 3.25. The van der Waals surface area contributed by atoms with Crippen molar-refractivity contribution in [3.63, 3.8) is 0 Å². The van der Waals surface area contributed by atoms with Crippen LogP contribution in [0.15, 0.2) is 41.2 Å². The van der Waals surface area contributed by atoms with Crippen LogP contribution in [-0.4, -0.2) is 53.6 Å². The van der Waals surface area contributed by atoms with E-state index in [0.717, 1.165) is 32.0 Å². The number of hydrogen-bond acceptors (Lipinski definition) is 4. The van der Waals surface area contributed by atoms with Gasteiger partial charge < -0.3 is 15.2 Å². The van der Waals surface area contributed by atoms with Crippen LogP contribution in [0, 0.1) is 0 Å². The van der Waals surface area contributed by atoms with E-state index in [9.17, 15) is 0 Å². The minimum absolute atomic E-state index is 0. The van der Waals surface area contributed by atoms with Gasteiger partial charge in [-0.25, -0.2) is 4.98 Å². The fourth-order valence-corrected chi connectivity index (χ4v) is 4.11. The second kappa shape index (κ2) is 11.6. The van der Waals surface area contributed by atoms with Crippen molar-refractivity contribution in [2.75, 3.05) is 33.2 Å². The second-order valence-electron chi connectivity index (χ2n) is 6.31. The summed E-state index contributed by atoms with van der Waals surface area (Å²) in [5.41, 5.74) is 0. The number of hydrogen-bond donors (Lipinski definition) is 2. The summed E-state index contributed by atoms with van der Waals surface area (Å²) in [6.45, 7) is 5.14. The zero-order valence-corrected chi connectivity index (χ0v) is 18.5. The zero-order valence-electron chi connectivity index (χ0n) is 15.3. The van der Waals surface area contributed by atoms with Crippen LogP contribution in [-0.2, 0) is 6.54 Å². The van der Waals surface area contributed by atoms with Gasteiger partial charge in [-0.2, -0.15) is 0 Å². The summed E-state index contributed by atoms with van der Waals surface area (Å²) in [5.74, 6) is 0.881. The van der Waals surface area contributed by atoms with Crippen molar-refractivity contribution in [1.29, 1.82) is 0 Å². The van der Waals surface area contributed by atoms with Gasteiger partial charge in [0, 0.05) is 44.0 Å². The summed E-state index contributed by atoms with van der Waals surface area (Å²) in [6.07, 6.45) is 9.32. The molecule has 2 N–H and O–H groups in total. The number of halogens is 1. The summed E-state index contributed by atoms with van der Waals surface area (Å²) >= 11 is 1.85. The lowest BCUT2D eigenvalue weighted by molar-refractivity contribution is 0.249. The standard InChI is InChI=1S/C18H28N6S.HI/c1-19-18(21-7-5-9-23-12-8-20-15-23)22-14-16(17-6-4-13-25-17)24-10-2-3-11-24;/h4,6,8,12-13,15-16H,2-3,5,7,9-11,14H2,1H3,(H2,19,21,22);1H. The molecule has 6 nitrogen and oxygen atoms in total. The van der Waals surface area contributed by atoms with Gasteiger partial charge in [-0.15, -0.1) is 35.3 Å². The Morgan fingerprint density at radius 1 is 1.35 bits per heavy atom. The molecule has 2 aromatic heterocycles. The van der Waals surface area contributed by atoms with Gasteiger partial charge in [0.2, 0.25) is 0 Å². The molecule has 1 saturated heterocycles. The van der Waals surface area contributed by atoms with Crippen molar-refractivity contribution in [1.82, 2.24) is 25.1 Å². The highest BCUT2D eigenvalue weighted by atomic mass is 127. The van der Waals surface area contributed by atoms with Crippen molar-refractivity contribution in [3.05, 3.63) is 41.1 Å². The van der Waals surface area contributed by atoms with E-state index in [2.05, 4.69) is 47.6 Å². The molecule has 0 saturated carbocycles. The molecular weight excluding hydrogens is 459 g/mol. The van der Waals surface area contributed by atoms with Gasteiger partial charge >= 0.3 is 0 Å². The van der Waals surface area contributed by atoms with E-state index in [0.29, 0.717) is 6.04 Å². The summed E-state index contributed by atoms with van der Waals surface area (Å²) < 4.78 is 2.10. The first-order valence-electron chi connectivity index (χ1n) is 9.04. The number of aliphatic imine (C=N–C) groups is 1. The number of likely N-dealkylation sites (tertiary alicyclic amines) is 1. The van der Waals surface area contributed by atoms with E-state index in [1.165, 1.54) is 30.8 Å². The van der Waals surface area contributed by atoms with Crippen LogP contribution in [0.5, 0.6) is 0 Å². The van der Waals surface area contributed by atoms with Gasteiger partial charge in [0.05, 0.1) is 12.4 Å². The average Bonchev–Trinajstić information content (AvgIpc) is 3.40. The molecular formula is C18H29IN6S. The van der Waals surface area contributed by atoms with E-state index in [4.69, 9.17) is 0 Å². The molecule has 1 aliphatic rings. The Hall–Kier alpha value is -1.13. The Kier molecular flexibility index (Phi) is 9.41. The number of thiophene rings is 1. The summed E-state index contributed by atoms with van der Waals surface area (Å²) in [5, 5.41) is 9.09. The molecule has 0 bridgehead atoms. The summed E-state index contributed by atoms with van der Waals surface area (Å²) in [6, 6.07) is 4.83. The van der Waals surface area contributed by atoms with Crippen LogP contribution in [0.1, 0.15) is 30.2 Å². The number of aromatic nitrogens is 2. The molecule has 1 fully saturated rings. The predicted octanol–water partition coefficient (Wildman–Crippen LogP) is 2.95. The first kappa shape index (κ1) is 21.2. The highest BCUT2D eigenvalue weighted by molar-refractivity contribution is 14.0.